The van der Waals surface area contributed by atoms with E-state index in [1.165, 1.54) is 15.3 Å². The van der Waals surface area contributed by atoms with E-state index in [1.807, 2.05) is 23.5 Å². The second kappa shape index (κ2) is 6.03. The lowest BCUT2D eigenvalue weighted by molar-refractivity contribution is 0.413. The predicted molar refractivity (Wildman–Crippen MR) is 77.6 cm³/mol. The molecule has 18 heavy (non-hydrogen) atoms. The number of nitrogens with one attached hydrogen (secondary N) is 1. The molecule has 1 N–H and O–H groups in total. The van der Waals surface area contributed by atoms with Gasteiger partial charge in [-0.1, -0.05) is 19.1 Å². The number of aryl methyl sites for hydroxylation is 1. The Morgan fingerprint density at radius 1 is 1.28 bits per heavy atom. The van der Waals surface area contributed by atoms with Gasteiger partial charge in [0.05, 0.1) is 13.2 Å². The summed E-state index contributed by atoms with van der Waals surface area (Å²) in [6, 6.07) is 12.9. The SMILES string of the molecule is CCNC(c1cccc(OC)c1)c1ccc(C)s1. The summed E-state index contributed by atoms with van der Waals surface area (Å²) in [6.45, 7) is 5.22. The van der Waals surface area contributed by atoms with E-state index in [9.17, 15) is 0 Å². The van der Waals surface area contributed by atoms with Crippen molar-refractivity contribution < 1.29 is 4.74 Å². The maximum absolute atomic E-state index is 5.30. The van der Waals surface area contributed by atoms with E-state index >= 15 is 0 Å². The molecule has 1 unspecified atom stereocenters. The van der Waals surface area contributed by atoms with Gasteiger partial charge in [0, 0.05) is 9.75 Å². The van der Waals surface area contributed by atoms with Gasteiger partial charge >= 0.3 is 0 Å². The van der Waals surface area contributed by atoms with Crippen LogP contribution in [0.3, 0.4) is 0 Å². The lowest BCUT2D eigenvalue weighted by atomic mass is 10.1. The Bertz CT molecular complexity index is 507. The second-order valence-electron chi connectivity index (χ2n) is 4.22. The summed E-state index contributed by atoms with van der Waals surface area (Å²) in [5.41, 5.74) is 1.25. The number of thiophene rings is 1. The summed E-state index contributed by atoms with van der Waals surface area (Å²) in [6.07, 6.45) is 0. The number of hydrogen-bond acceptors (Lipinski definition) is 3. The van der Waals surface area contributed by atoms with Crippen LogP contribution < -0.4 is 10.1 Å². The summed E-state index contributed by atoms with van der Waals surface area (Å²) >= 11 is 1.84. The Morgan fingerprint density at radius 3 is 2.72 bits per heavy atom. The van der Waals surface area contributed by atoms with Gasteiger partial charge in [0.2, 0.25) is 0 Å². The topological polar surface area (TPSA) is 21.3 Å². The summed E-state index contributed by atoms with van der Waals surface area (Å²) in [4.78, 5) is 2.69. The van der Waals surface area contributed by atoms with Crippen molar-refractivity contribution in [1.82, 2.24) is 5.32 Å². The molecule has 0 fully saturated rings. The maximum Gasteiger partial charge on any atom is 0.119 e. The van der Waals surface area contributed by atoms with Gasteiger partial charge in [-0.15, -0.1) is 11.3 Å². The van der Waals surface area contributed by atoms with Gasteiger partial charge in [-0.3, -0.25) is 0 Å². The Balaban J connectivity index is 2.34. The first kappa shape index (κ1) is 13.1. The number of benzene rings is 1. The van der Waals surface area contributed by atoms with Crippen molar-refractivity contribution >= 4 is 11.3 Å². The Morgan fingerprint density at radius 2 is 2.11 bits per heavy atom. The Labute approximate surface area is 113 Å². The number of hydrogen-bond donors (Lipinski definition) is 1. The molecule has 1 aromatic carbocycles. The molecule has 0 radical (unpaired) electrons. The summed E-state index contributed by atoms with van der Waals surface area (Å²) < 4.78 is 5.30. The maximum atomic E-state index is 5.30. The lowest BCUT2D eigenvalue weighted by Gasteiger charge is -2.17. The van der Waals surface area contributed by atoms with Crippen LogP contribution in [0.1, 0.15) is 28.3 Å². The molecule has 0 bridgehead atoms. The molecule has 0 aliphatic heterocycles. The van der Waals surface area contributed by atoms with Gasteiger partial charge in [-0.2, -0.15) is 0 Å². The molecule has 0 saturated carbocycles. The molecule has 1 atom stereocenters. The highest BCUT2D eigenvalue weighted by molar-refractivity contribution is 7.12. The largest absolute Gasteiger partial charge is 0.497 e. The van der Waals surface area contributed by atoms with E-state index in [2.05, 4.69) is 43.4 Å². The second-order valence-corrected chi connectivity index (χ2v) is 5.54. The van der Waals surface area contributed by atoms with E-state index in [-0.39, 0.29) is 6.04 Å². The molecule has 1 heterocycles. The minimum absolute atomic E-state index is 0.254. The average molecular weight is 261 g/mol. The number of methoxy groups -OCH3 is 1. The first-order valence-electron chi connectivity index (χ1n) is 6.18. The van der Waals surface area contributed by atoms with Gasteiger partial charge < -0.3 is 10.1 Å². The highest BCUT2D eigenvalue weighted by Gasteiger charge is 2.15. The van der Waals surface area contributed by atoms with E-state index in [1.54, 1.807) is 7.11 Å². The van der Waals surface area contributed by atoms with E-state index in [4.69, 9.17) is 4.74 Å². The van der Waals surface area contributed by atoms with Crippen molar-refractivity contribution in [3.05, 3.63) is 51.7 Å². The van der Waals surface area contributed by atoms with Gasteiger partial charge in [0.25, 0.3) is 0 Å². The van der Waals surface area contributed by atoms with Crippen LogP contribution in [0.5, 0.6) is 5.75 Å². The highest BCUT2D eigenvalue weighted by Crippen LogP contribution is 2.29. The molecule has 1 aromatic heterocycles. The number of rotatable bonds is 5. The monoisotopic (exact) mass is 261 g/mol. The molecule has 2 nitrogen and oxygen atoms in total. The first-order chi connectivity index (χ1) is 8.74. The van der Waals surface area contributed by atoms with Crippen molar-refractivity contribution in [3.8, 4) is 5.75 Å². The van der Waals surface area contributed by atoms with Gasteiger partial charge in [-0.25, -0.2) is 0 Å². The normalized spacial score (nSPS) is 12.4. The Hall–Kier alpha value is -1.32. The molecule has 0 aliphatic rings. The predicted octanol–water partition coefficient (Wildman–Crippen LogP) is 3.76. The Kier molecular flexibility index (Phi) is 4.39. The van der Waals surface area contributed by atoms with Crippen LogP contribution >= 0.6 is 11.3 Å². The van der Waals surface area contributed by atoms with E-state index < -0.39 is 0 Å². The van der Waals surface area contributed by atoms with Gasteiger partial charge in [0.1, 0.15) is 5.75 Å². The van der Waals surface area contributed by atoms with Crippen LogP contribution in [0.2, 0.25) is 0 Å². The van der Waals surface area contributed by atoms with Crippen LogP contribution in [0.4, 0.5) is 0 Å². The van der Waals surface area contributed by atoms with E-state index in [0.717, 1.165) is 12.3 Å². The van der Waals surface area contributed by atoms with Crippen LogP contribution in [0.15, 0.2) is 36.4 Å². The molecule has 2 aromatic rings. The molecule has 0 spiro atoms. The standard InChI is InChI=1S/C15H19NOS/c1-4-16-15(14-9-8-11(2)18-14)12-6-5-7-13(10-12)17-3/h5-10,15-16H,4H2,1-3H3. The molecule has 2 rings (SSSR count). The van der Waals surface area contributed by atoms with E-state index in [0.29, 0.717) is 0 Å². The summed E-state index contributed by atoms with van der Waals surface area (Å²) in [5.74, 6) is 0.906. The molecule has 0 saturated heterocycles. The van der Waals surface area contributed by atoms with Crippen LogP contribution in [0.25, 0.3) is 0 Å². The van der Waals surface area contributed by atoms with Crippen LogP contribution in [-0.2, 0) is 0 Å². The minimum atomic E-state index is 0.254. The first-order valence-corrected chi connectivity index (χ1v) is 7.00. The van der Waals surface area contributed by atoms with Crippen molar-refractivity contribution in [2.75, 3.05) is 13.7 Å². The quantitative estimate of drug-likeness (QED) is 0.884. The van der Waals surface area contributed by atoms with Gasteiger partial charge in [-0.05, 0) is 43.3 Å². The zero-order valence-electron chi connectivity index (χ0n) is 11.1. The summed E-state index contributed by atoms with van der Waals surface area (Å²) in [7, 11) is 1.71. The fourth-order valence-electron chi connectivity index (χ4n) is 2.02. The van der Waals surface area contributed by atoms with Crippen LogP contribution in [-0.4, -0.2) is 13.7 Å². The molecule has 0 aliphatic carbocycles. The smallest absolute Gasteiger partial charge is 0.119 e. The number of ether oxygens (including phenoxy) is 1. The van der Waals surface area contributed by atoms with Crippen molar-refractivity contribution in [1.29, 1.82) is 0 Å². The molecular formula is C15H19NOS. The lowest BCUT2D eigenvalue weighted by Crippen LogP contribution is -2.21. The molecular weight excluding hydrogens is 242 g/mol. The third kappa shape index (κ3) is 2.92. The third-order valence-electron chi connectivity index (χ3n) is 2.88. The average Bonchev–Trinajstić information content (AvgIpc) is 2.82. The third-order valence-corrected chi connectivity index (χ3v) is 3.95. The zero-order chi connectivity index (χ0) is 13.0. The highest BCUT2D eigenvalue weighted by atomic mass is 32.1. The summed E-state index contributed by atoms with van der Waals surface area (Å²) in [5, 5.41) is 3.53. The van der Waals surface area contributed by atoms with Crippen molar-refractivity contribution in [3.63, 3.8) is 0 Å². The zero-order valence-corrected chi connectivity index (χ0v) is 11.9. The van der Waals surface area contributed by atoms with Crippen molar-refractivity contribution in [2.45, 2.75) is 19.9 Å². The van der Waals surface area contributed by atoms with Gasteiger partial charge in [0.15, 0.2) is 0 Å². The van der Waals surface area contributed by atoms with Crippen molar-refractivity contribution in [2.24, 2.45) is 0 Å². The fourth-order valence-corrected chi connectivity index (χ4v) is 3.00. The molecule has 3 heteroatoms. The van der Waals surface area contributed by atoms with Crippen LogP contribution in [0, 0.1) is 6.92 Å². The fraction of sp³-hybridized carbons (Fsp3) is 0.333. The minimum Gasteiger partial charge on any atom is -0.497 e. The molecule has 96 valence electrons. The molecule has 0 amide bonds.